The van der Waals surface area contributed by atoms with E-state index in [1.807, 2.05) is 55.6 Å². The van der Waals surface area contributed by atoms with Gasteiger partial charge in [-0.1, -0.05) is 36.1 Å². The van der Waals surface area contributed by atoms with Crippen molar-refractivity contribution in [2.75, 3.05) is 18.1 Å². The van der Waals surface area contributed by atoms with Crippen LogP contribution in [0.1, 0.15) is 11.1 Å². The van der Waals surface area contributed by atoms with Crippen LogP contribution in [0.15, 0.2) is 48.5 Å². The fourth-order valence-corrected chi connectivity index (χ4v) is 1.56. The van der Waals surface area contributed by atoms with Crippen molar-refractivity contribution in [1.82, 2.24) is 0 Å². The van der Waals surface area contributed by atoms with Gasteiger partial charge < -0.3 is 11.1 Å². The molecule has 0 bridgehead atoms. The molecule has 0 fully saturated rings. The highest BCUT2D eigenvalue weighted by Gasteiger charge is 1.95. The average molecular weight is 222 g/mol. The summed E-state index contributed by atoms with van der Waals surface area (Å²) >= 11 is 0. The van der Waals surface area contributed by atoms with Gasteiger partial charge in [-0.15, -0.1) is 0 Å². The lowest BCUT2D eigenvalue weighted by Gasteiger charge is -2.02. The van der Waals surface area contributed by atoms with Crippen LogP contribution in [0, 0.1) is 11.8 Å². The Hall–Kier alpha value is -2.40. The van der Waals surface area contributed by atoms with Crippen molar-refractivity contribution >= 4 is 11.4 Å². The quantitative estimate of drug-likeness (QED) is 0.575. The highest BCUT2D eigenvalue weighted by Crippen LogP contribution is 2.13. The van der Waals surface area contributed by atoms with Gasteiger partial charge in [0.05, 0.1) is 0 Å². The molecule has 2 nitrogen and oxygen atoms in total. The zero-order valence-corrected chi connectivity index (χ0v) is 9.70. The van der Waals surface area contributed by atoms with Crippen LogP contribution in [0.2, 0.25) is 0 Å². The first-order valence-corrected chi connectivity index (χ1v) is 5.44. The molecule has 2 aromatic rings. The van der Waals surface area contributed by atoms with Gasteiger partial charge in [0, 0.05) is 29.5 Å². The molecule has 0 aliphatic heterocycles. The Labute approximate surface area is 101 Å². The summed E-state index contributed by atoms with van der Waals surface area (Å²) in [6.07, 6.45) is 0. The first-order chi connectivity index (χ1) is 8.31. The first kappa shape index (κ1) is 11.1. The number of para-hydroxylation sites is 2. The lowest BCUT2D eigenvalue weighted by Crippen LogP contribution is -1.92. The van der Waals surface area contributed by atoms with E-state index in [2.05, 4.69) is 17.2 Å². The maximum atomic E-state index is 5.84. The number of benzene rings is 2. The Morgan fingerprint density at radius 3 is 2.18 bits per heavy atom. The third kappa shape index (κ3) is 2.59. The van der Waals surface area contributed by atoms with Crippen molar-refractivity contribution < 1.29 is 0 Å². The van der Waals surface area contributed by atoms with Gasteiger partial charge in [0.2, 0.25) is 0 Å². The summed E-state index contributed by atoms with van der Waals surface area (Å²) in [5.74, 6) is 6.22. The van der Waals surface area contributed by atoms with Crippen LogP contribution in [0.4, 0.5) is 11.4 Å². The minimum atomic E-state index is 0.710. The van der Waals surface area contributed by atoms with Crippen molar-refractivity contribution in [2.45, 2.75) is 0 Å². The van der Waals surface area contributed by atoms with Crippen LogP contribution in [0.5, 0.6) is 0 Å². The number of nitrogens with one attached hydrogen (secondary N) is 1. The van der Waals surface area contributed by atoms with Gasteiger partial charge >= 0.3 is 0 Å². The number of hydrogen-bond donors (Lipinski definition) is 2. The van der Waals surface area contributed by atoms with Crippen molar-refractivity contribution in [2.24, 2.45) is 0 Å². The Bertz CT molecular complexity index is 577. The molecule has 0 saturated carbocycles. The summed E-state index contributed by atoms with van der Waals surface area (Å²) in [7, 11) is 1.89. The van der Waals surface area contributed by atoms with Gasteiger partial charge in [0.1, 0.15) is 0 Å². The van der Waals surface area contributed by atoms with Crippen LogP contribution >= 0.6 is 0 Å². The van der Waals surface area contributed by atoms with E-state index in [0.717, 1.165) is 16.8 Å². The van der Waals surface area contributed by atoms with E-state index in [1.165, 1.54) is 0 Å². The first-order valence-electron chi connectivity index (χ1n) is 5.44. The van der Waals surface area contributed by atoms with Gasteiger partial charge in [-0.2, -0.15) is 0 Å². The molecule has 2 aromatic carbocycles. The summed E-state index contributed by atoms with van der Waals surface area (Å²) in [4.78, 5) is 0. The minimum absolute atomic E-state index is 0.710. The molecule has 0 unspecified atom stereocenters. The zero-order chi connectivity index (χ0) is 12.1. The monoisotopic (exact) mass is 222 g/mol. The average Bonchev–Trinajstić information content (AvgIpc) is 2.38. The van der Waals surface area contributed by atoms with E-state index in [9.17, 15) is 0 Å². The normalized spacial score (nSPS) is 9.24. The second kappa shape index (κ2) is 5.09. The van der Waals surface area contributed by atoms with E-state index in [4.69, 9.17) is 5.73 Å². The lowest BCUT2D eigenvalue weighted by molar-refractivity contribution is 1.49. The maximum Gasteiger partial charge on any atom is 0.0496 e. The van der Waals surface area contributed by atoms with E-state index < -0.39 is 0 Å². The van der Waals surface area contributed by atoms with E-state index in [1.54, 1.807) is 0 Å². The number of nitrogens with two attached hydrogens (primary N) is 1. The molecule has 0 aromatic heterocycles. The number of hydrogen-bond acceptors (Lipinski definition) is 2. The summed E-state index contributed by atoms with van der Waals surface area (Å²) < 4.78 is 0. The predicted octanol–water partition coefficient (Wildman–Crippen LogP) is 2.71. The van der Waals surface area contributed by atoms with Gasteiger partial charge in [-0.3, -0.25) is 0 Å². The van der Waals surface area contributed by atoms with Crippen LogP contribution in [0.25, 0.3) is 0 Å². The number of anilines is 2. The van der Waals surface area contributed by atoms with Crippen molar-refractivity contribution in [3.8, 4) is 11.8 Å². The predicted molar refractivity (Wildman–Crippen MR) is 72.8 cm³/mol. The molecule has 0 atom stereocenters. The van der Waals surface area contributed by atoms with Gasteiger partial charge in [-0.25, -0.2) is 0 Å². The molecular weight excluding hydrogens is 208 g/mol. The molecular formula is C15H14N2. The third-order valence-corrected chi connectivity index (χ3v) is 2.49. The largest absolute Gasteiger partial charge is 0.398 e. The molecule has 3 N–H and O–H groups in total. The molecule has 0 aliphatic rings. The van der Waals surface area contributed by atoms with Crippen LogP contribution < -0.4 is 11.1 Å². The van der Waals surface area contributed by atoms with Crippen LogP contribution in [-0.2, 0) is 0 Å². The fraction of sp³-hybridized carbons (Fsp3) is 0.0667. The molecule has 84 valence electrons. The van der Waals surface area contributed by atoms with Crippen molar-refractivity contribution in [3.05, 3.63) is 59.7 Å². The van der Waals surface area contributed by atoms with Crippen molar-refractivity contribution in [3.63, 3.8) is 0 Å². The Morgan fingerprint density at radius 1 is 0.882 bits per heavy atom. The van der Waals surface area contributed by atoms with Gasteiger partial charge in [-0.05, 0) is 24.3 Å². The summed E-state index contributed by atoms with van der Waals surface area (Å²) in [5, 5.41) is 3.11. The third-order valence-electron chi connectivity index (χ3n) is 2.49. The minimum Gasteiger partial charge on any atom is -0.398 e. The number of nitrogen functional groups attached to an aromatic ring is 1. The van der Waals surface area contributed by atoms with E-state index in [-0.39, 0.29) is 0 Å². The summed E-state index contributed by atoms with van der Waals surface area (Å²) in [6.45, 7) is 0. The highest BCUT2D eigenvalue weighted by molar-refractivity contribution is 5.62. The maximum absolute atomic E-state index is 5.84. The SMILES string of the molecule is CNc1ccccc1C#Cc1ccccc1N. The van der Waals surface area contributed by atoms with Gasteiger partial charge in [0.25, 0.3) is 0 Å². The van der Waals surface area contributed by atoms with Gasteiger partial charge in [0.15, 0.2) is 0 Å². The second-order valence-corrected chi connectivity index (χ2v) is 3.63. The Kier molecular flexibility index (Phi) is 3.32. The fourth-order valence-electron chi connectivity index (χ4n) is 1.56. The molecule has 17 heavy (non-hydrogen) atoms. The van der Waals surface area contributed by atoms with E-state index >= 15 is 0 Å². The molecule has 0 radical (unpaired) electrons. The van der Waals surface area contributed by atoms with Crippen molar-refractivity contribution in [1.29, 1.82) is 0 Å². The summed E-state index contributed by atoms with van der Waals surface area (Å²) in [5.41, 5.74) is 9.40. The second-order valence-electron chi connectivity index (χ2n) is 3.63. The molecule has 0 amide bonds. The lowest BCUT2D eigenvalue weighted by atomic mass is 10.1. The summed E-state index contributed by atoms with van der Waals surface area (Å²) in [6, 6.07) is 15.5. The highest BCUT2D eigenvalue weighted by atomic mass is 14.8. The topological polar surface area (TPSA) is 38.0 Å². The Morgan fingerprint density at radius 2 is 1.47 bits per heavy atom. The molecule has 2 rings (SSSR count). The molecule has 0 saturated heterocycles. The molecule has 0 aliphatic carbocycles. The van der Waals surface area contributed by atoms with Crippen LogP contribution in [-0.4, -0.2) is 7.05 Å². The molecule has 0 heterocycles. The van der Waals surface area contributed by atoms with E-state index in [0.29, 0.717) is 5.69 Å². The molecule has 2 heteroatoms. The zero-order valence-electron chi connectivity index (χ0n) is 9.70. The Balaban J connectivity index is 2.37. The van der Waals surface area contributed by atoms with Crippen LogP contribution in [0.3, 0.4) is 0 Å². The molecule has 0 spiro atoms. The standard InChI is InChI=1S/C15H14N2/c1-17-15-9-5-3-7-13(15)11-10-12-6-2-4-8-14(12)16/h2-9,17H,16H2,1H3. The number of rotatable bonds is 1. The smallest absolute Gasteiger partial charge is 0.0496 e.